The van der Waals surface area contributed by atoms with E-state index in [2.05, 4.69) is 20.7 Å². The van der Waals surface area contributed by atoms with Gasteiger partial charge in [0.2, 0.25) is 0 Å². The predicted octanol–water partition coefficient (Wildman–Crippen LogP) is 1.77. The fourth-order valence-electron chi connectivity index (χ4n) is 1.93. The smallest absolute Gasteiger partial charge is 0.180 e. The van der Waals surface area contributed by atoms with E-state index in [1.165, 1.54) is 12.1 Å². The topological polar surface area (TPSA) is 104 Å². The van der Waals surface area contributed by atoms with Crippen LogP contribution in [0.3, 0.4) is 0 Å². The van der Waals surface area contributed by atoms with E-state index in [1.54, 1.807) is 23.0 Å². The Kier molecular flexibility index (Phi) is 3.10. The van der Waals surface area contributed by atoms with Crippen LogP contribution < -0.4 is 16.6 Å². The molecule has 0 aliphatic carbocycles. The maximum atomic E-state index is 13.2. The molecule has 7 nitrogen and oxygen atoms in total. The Morgan fingerprint density at radius 3 is 3.00 bits per heavy atom. The molecule has 4 N–H and O–H groups in total. The van der Waals surface area contributed by atoms with Crippen molar-refractivity contribution in [1.29, 1.82) is 5.26 Å². The third kappa shape index (κ3) is 2.33. The lowest BCUT2D eigenvalue weighted by molar-refractivity contribution is 0.627. The Balaban J connectivity index is 2.10. The molecule has 0 aliphatic heterocycles. The summed E-state index contributed by atoms with van der Waals surface area (Å²) in [6.45, 7) is 0. The summed E-state index contributed by atoms with van der Waals surface area (Å²) in [5.41, 5.74) is 3.62. The zero-order valence-electron chi connectivity index (χ0n) is 10.7. The molecule has 0 saturated carbocycles. The number of anilines is 3. The first-order chi connectivity index (χ1) is 10.2. The average Bonchev–Trinajstić information content (AvgIpc) is 2.97. The maximum Gasteiger partial charge on any atom is 0.180 e. The number of nitriles is 1. The minimum atomic E-state index is -0.478. The molecule has 2 heterocycles. The van der Waals surface area contributed by atoms with Crippen molar-refractivity contribution in [2.24, 2.45) is 5.84 Å². The van der Waals surface area contributed by atoms with Gasteiger partial charge in [0, 0.05) is 12.4 Å². The van der Waals surface area contributed by atoms with E-state index in [0.717, 1.165) is 6.07 Å². The summed E-state index contributed by atoms with van der Waals surface area (Å²) in [7, 11) is 0. The van der Waals surface area contributed by atoms with Crippen molar-refractivity contribution in [3.63, 3.8) is 0 Å². The second kappa shape index (κ2) is 5.07. The molecule has 8 heteroatoms. The Bertz CT molecular complexity index is 849. The van der Waals surface area contributed by atoms with Gasteiger partial charge in [0.25, 0.3) is 0 Å². The fraction of sp³-hybridized carbons (Fsp3) is 0. The van der Waals surface area contributed by atoms with Gasteiger partial charge < -0.3 is 15.1 Å². The number of hydrogen-bond donors (Lipinski definition) is 3. The highest BCUT2D eigenvalue weighted by atomic mass is 19.1. The highest BCUT2D eigenvalue weighted by Gasteiger charge is 2.10. The van der Waals surface area contributed by atoms with Gasteiger partial charge in [0.15, 0.2) is 17.3 Å². The fourth-order valence-corrected chi connectivity index (χ4v) is 1.93. The molecule has 2 aromatic heterocycles. The van der Waals surface area contributed by atoms with Crippen molar-refractivity contribution in [2.45, 2.75) is 0 Å². The largest absolute Gasteiger partial charge is 0.336 e. The summed E-state index contributed by atoms with van der Waals surface area (Å²) in [5.74, 6) is 5.71. The molecule has 0 amide bonds. The summed E-state index contributed by atoms with van der Waals surface area (Å²) >= 11 is 0. The SMILES string of the molecule is N#Cc1cc(F)ccc1Nc1nc(NN)cn2ccnc12. The van der Waals surface area contributed by atoms with E-state index >= 15 is 0 Å². The van der Waals surface area contributed by atoms with Crippen LogP contribution >= 0.6 is 0 Å². The number of aromatic nitrogens is 3. The molecular weight excluding hydrogens is 273 g/mol. The molecule has 104 valence electrons. The predicted molar refractivity (Wildman–Crippen MR) is 75.2 cm³/mol. The molecule has 0 spiro atoms. The van der Waals surface area contributed by atoms with Crippen molar-refractivity contribution in [2.75, 3.05) is 10.7 Å². The van der Waals surface area contributed by atoms with Gasteiger partial charge in [0.05, 0.1) is 17.4 Å². The van der Waals surface area contributed by atoms with Gasteiger partial charge in [-0.05, 0) is 18.2 Å². The molecule has 0 fully saturated rings. The van der Waals surface area contributed by atoms with E-state index in [9.17, 15) is 4.39 Å². The van der Waals surface area contributed by atoms with Gasteiger partial charge in [-0.25, -0.2) is 20.2 Å². The van der Waals surface area contributed by atoms with Gasteiger partial charge in [-0.3, -0.25) is 0 Å². The monoisotopic (exact) mass is 283 g/mol. The highest BCUT2D eigenvalue weighted by Crippen LogP contribution is 2.24. The van der Waals surface area contributed by atoms with Crippen LogP contribution in [-0.4, -0.2) is 14.4 Å². The molecule has 1 aromatic carbocycles. The minimum absolute atomic E-state index is 0.174. The van der Waals surface area contributed by atoms with Gasteiger partial charge in [-0.2, -0.15) is 5.26 Å². The zero-order valence-corrected chi connectivity index (χ0v) is 10.7. The molecule has 3 rings (SSSR count). The molecule has 0 unspecified atom stereocenters. The number of hydrazine groups is 1. The number of hydrogen-bond acceptors (Lipinski definition) is 6. The summed E-state index contributed by atoms with van der Waals surface area (Å²) in [6.07, 6.45) is 5.01. The normalized spacial score (nSPS) is 10.3. The van der Waals surface area contributed by atoms with Crippen LogP contribution in [0.2, 0.25) is 0 Å². The van der Waals surface area contributed by atoms with Gasteiger partial charge in [-0.15, -0.1) is 0 Å². The Hall–Kier alpha value is -3.18. The molecule has 0 atom stereocenters. The van der Waals surface area contributed by atoms with Gasteiger partial charge in [-0.1, -0.05) is 0 Å². The average molecular weight is 283 g/mol. The second-order valence-electron chi connectivity index (χ2n) is 4.20. The summed E-state index contributed by atoms with van der Waals surface area (Å²) < 4.78 is 14.9. The van der Waals surface area contributed by atoms with Crippen molar-refractivity contribution in [3.8, 4) is 6.07 Å². The number of benzene rings is 1. The molecule has 0 bridgehead atoms. The number of nitrogens with one attached hydrogen (secondary N) is 2. The number of nitrogens with two attached hydrogens (primary N) is 1. The number of nitrogens with zero attached hydrogens (tertiary/aromatic N) is 4. The van der Waals surface area contributed by atoms with E-state index < -0.39 is 5.82 Å². The van der Waals surface area contributed by atoms with Crippen molar-refractivity contribution in [1.82, 2.24) is 14.4 Å². The number of fused-ring (bicyclic) bond motifs is 1. The third-order valence-electron chi connectivity index (χ3n) is 2.88. The van der Waals surface area contributed by atoms with Crippen molar-refractivity contribution >= 4 is 23.0 Å². The molecule has 21 heavy (non-hydrogen) atoms. The molecular formula is C13H10FN7. The summed E-state index contributed by atoms with van der Waals surface area (Å²) in [4.78, 5) is 8.43. The number of rotatable bonds is 3. The Labute approximate surface area is 118 Å². The van der Waals surface area contributed by atoms with Crippen LogP contribution in [0.15, 0.2) is 36.8 Å². The van der Waals surface area contributed by atoms with Crippen molar-refractivity contribution in [3.05, 3.63) is 48.2 Å². The molecule has 0 saturated heterocycles. The van der Waals surface area contributed by atoms with E-state index in [0.29, 0.717) is 23.0 Å². The van der Waals surface area contributed by atoms with Crippen LogP contribution in [-0.2, 0) is 0 Å². The number of imidazole rings is 1. The zero-order chi connectivity index (χ0) is 14.8. The highest BCUT2D eigenvalue weighted by molar-refractivity contribution is 5.74. The lowest BCUT2D eigenvalue weighted by Crippen LogP contribution is -2.11. The Morgan fingerprint density at radius 1 is 1.38 bits per heavy atom. The number of nitrogen functional groups attached to an aromatic ring is 1. The lowest BCUT2D eigenvalue weighted by Gasteiger charge is -2.10. The van der Waals surface area contributed by atoms with Crippen molar-refractivity contribution < 1.29 is 4.39 Å². The first kappa shape index (κ1) is 12.8. The minimum Gasteiger partial charge on any atom is -0.336 e. The standard InChI is InChI=1S/C13H10FN7/c14-9-1-2-10(8(5-9)6-15)18-12-13-17-3-4-21(13)7-11(19-12)20-16/h1-5,7,20H,16H2,(H,18,19). The van der Waals surface area contributed by atoms with E-state index in [4.69, 9.17) is 11.1 Å². The summed E-state index contributed by atoms with van der Waals surface area (Å²) in [5, 5.41) is 12.0. The van der Waals surface area contributed by atoms with Gasteiger partial charge in [0.1, 0.15) is 11.9 Å². The third-order valence-corrected chi connectivity index (χ3v) is 2.88. The van der Waals surface area contributed by atoms with Crippen LogP contribution in [0.1, 0.15) is 5.56 Å². The lowest BCUT2D eigenvalue weighted by atomic mass is 10.2. The first-order valence-electron chi connectivity index (χ1n) is 5.98. The Morgan fingerprint density at radius 2 is 2.24 bits per heavy atom. The quantitative estimate of drug-likeness (QED) is 0.500. The molecule has 0 aliphatic rings. The van der Waals surface area contributed by atoms with Gasteiger partial charge >= 0.3 is 0 Å². The van der Waals surface area contributed by atoms with Crippen LogP contribution in [0.25, 0.3) is 5.65 Å². The first-order valence-corrected chi connectivity index (χ1v) is 5.98. The van der Waals surface area contributed by atoms with E-state index in [1.807, 2.05) is 6.07 Å². The molecule has 3 aromatic rings. The van der Waals surface area contributed by atoms with Crippen LogP contribution in [0.4, 0.5) is 21.7 Å². The molecule has 0 radical (unpaired) electrons. The van der Waals surface area contributed by atoms with Crippen LogP contribution in [0, 0.1) is 17.1 Å². The summed E-state index contributed by atoms with van der Waals surface area (Å²) in [6, 6.07) is 5.81. The van der Waals surface area contributed by atoms with E-state index in [-0.39, 0.29) is 5.56 Å². The second-order valence-corrected chi connectivity index (χ2v) is 4.20. The van der Waals surface area contributed by atoms with Crippen LogP contribution in [0.5, 0.6) is 0 Å². The maximum absolute atomic E-state index is 13.2. The number of halogens is 1.